The molecule has 1 aromatic carbocycles. The fraction of sp³-hybridized carbons (Fsp3) is 0.143. The average Bonchev–Trinajstić information content (AvgIpc) is 3.16. The number of nitrogens with zero attached hydrogens (tertiary/aromatic N) is 3. The highest BCUT2D eigenvalue weighted by Crippen LogP contribution is 2.38. The number of hydrogen-bond donors (Lipinski definition) is 2. The first-order valence-corrected chi connectivity index (χ1v) is 9.90. The molecule has 0 radical (unpaired) electrons. The molecule has 0 bridgehead atoms. The second-order valence-corrected chi connectivity index (χ2v) is 7.20. The monoisotopic (exact) mass is 405 g/mol. The first-order chi connectivity index (χ1) is 14.2. The zero-order valence-corrected chi connectivity index (χ0v) is 16.8. The lowest BCUT2D eigenvalue weighted by atomic mass is 10.0. The summed E-state index contributed by atoms with van der Waals surface area (Å²) >= 11 is 1.42. The Morgan fingerprint density at radius 1 is 1.17 bits per heavy atom. The van der Waals surface area contributed by atoms with Crippen LogP contribution in [0.4, 0.5) is 9.93 Å². The van der Waals surface area contributed by atoms with Gasteiger partial charge >= 0.3 is 6.03 Å². The van der Waals surface area contributed by atoms with Crippen molar-refractivity contribution in [1.29, 1.82) is 0 Å². The fourth-order valence-electron chi connectivity index (χ4n) is 2.96. The van der Waals surface area contributed by atoms with Crippen molar-refractivity contribution in [3.8, 4) is 28.1 Å². The molecule has 0 aliphatic carbocycles. The minimum atomic E-state index is -0.275. The maximum atomic E-state index is 11.9. The zero-order valence-electron chi connectivity index (χ0n) is 16.0. The van der Waals surface area contributed by atoms with Crippen molar-refractivity contribution in [2.45, 2.75) is 6.92 Å². The predicted octanol–water partition coefficient (Wildman–Crippen LogP) is 4.57. The number of fused-ring (bicyclic) bond motifs is 1. The lowest BCUT2D eigenvalue weighted by Gasteiger charge is -2.08. The molecule has 146 valence electrons. The molecule has 0 atom stereocenters. The smallest absolute Gasteiger partial charge is 0.321 e. The summed E-state index contributed by atoms with van der Waals surface area (Å²) in [5.74, 6) is 0.679. The van der Waals surface area contributed by atoms with Gasteiger partial charge < -0.3 is 10.1 Å². The van der Waals surface area contributed by atoms with Crippen LogP contribution in [0.1, 0.15) is 6.92 Å². The van der Waals surface area contributed by atoms with Gasteiger partial charge in [0, 0.05) is 30.1 Å². The third-order valence-corrected chi connectivity index (χ3v) is 5.29. The summed E-state index contributed by atoms with van der Waals surface area (Å²) in [7, 11) is 1.61. The van der Waals surface area contributed by atoms with Crippen LogP contribution in [0.25, 0.3) is 32.6 Å². The van der Waals surface area contributed by atoms with E-state index in [4.69, 9.17) is 4.74 Å². The zero-order chi connectivity index (χ0) is 20.2. The number of pyridine rings is 2. The molecule has 0 fully saturated rings. The van der Waals surface area contributed by atoms with Crippen molar-refractivity contribution in [2.24, 2.45) is 0 Å². The van der Waals surface area contributed by atoms with Crippen LogP contribution in [-0.4, -0.2) is 34.6 Å². The van der Waals surface area contributed by atoms with E-state index >= 15 is 0 Å². The first kappa shape index (κ1) is 18.8. The van der Waals surface area contributed by atoms with Crippen LogP contribution in [0, 0.1) is 0 Å². The maximum Gasteiger partial charge on any atom is 0.321 e. The van der Waals surface area contributed by atoms with Crippen LogP contribution in [-0.2, 0) is 0 Å². The summed E-state index contributed by atoms with van der Waals surface area (Å²) in [5.41, 5.74) is 4.42. The number of carbonyl (C=O) groups excluding carboxylic acids is 1. The summed E-state index contributed by atoms with van der Waals surface area (Å²) in [6, 6.07) is 11.5. The second-order valence-electron chi connectivity index (χ2n) is 6.20. The quantitative estimate of drug-likeness (QED) is 0.508. The Bertz CT molecular complexity index is 1160. The molecule has 8 heteroatoms. The Morgan fingerprint density at radius 3 is 2.83 bits per heavy atom. The van der Waals surface area contributed by atoms with E-state index in [1.54, 1.807) is 25.7 Å². The van der Waals surface area contributed by atoms with E-state index in [0.29, 0.717) is 17.4 Å². The van der Waals surface area contributed by atoms with Gasteiger partial charge in [0.1, 0.15) is 5.75 Å². The van der Waals surface area contributed by atoms with Crippen LogP contribution in [0.5, 0.6) is 5.75 Å². The van der Waals surface area contributed by atoms with E-state index in [9.17, 15) is 4.79 Å². The number of urea groups is 1. The number of aromatic nitrogens is 3. The van der Waals surface area contributed by atoms with E-state index in [1.165, 1.54) is 11.3 Å². The first-order valence-electron chi connectivity index (χ1n) is 9.08. The number of hydrogen-bond acceptors (Lipinski definition) is 6. The molecule has 2 amide bonds. The predicted molar refractivity (Wildman–Crippen MR) is 115 cm³/mol. The van der Waals surface area contributed by atoms with Crippen molar-refractivity contribution in [3.05, 3.63) is 55.0 Å². The Morgan fingerprint density at radius 2 is 2.07 bits per heavy atom. The second kappa shape index (κ2) is 8.24. The summed E-state index contributed by atoms with van der Waals surface area (Å²) in [5, 5.41) is 6.04. The molecular formula is C21H19N5O2S. The van der Waals surface area contributed by atoms with Gasteiger partial charge in [0.25, 0.3) is 0 Å². The minimum Gasteiger partial charge on any atom is -0.495 e. The van der Waals surface area contributed by atoms with Gasteiger partial charge in [-0.1, -0.05) is 17.4 Å². The van der Waals surface area contributed by atoms with Crippen LogP contribution in [0.3, 0.4) is 0 Å². The van der Waals surface area contributed by atoms with Crippen LogP contribution in [0.15, 0.2) is 55.0 Å². The highest BCUT2D eigenvalue weighted by molar-refractivity contribution is 7.22. The average molecular weight is 405 g/mol. The highest BCUT2D eigenvalue weighted by atomic mass is 32.1. The molecule has 0 unspecified atom stereocenters. The molecule has 4 rings (SSSR count). The number of anilines is 1. The van der Waals surface area contributed by atoms with Gasteiger partial charge in [-0.3, -0.25) is 15.3 Å². The number of thiazole rings is 1. The number of methoxy groups -OCH3 is 1. The van der Waals surface area contributed by atoms with Crippen molar-refractivity contribution in [3.63, 3.8) is 0 Å². The molecule has 2 N–H and O–H groups in total. The fourth-order valence-corrected chi connectivity index (χ4v) is 3.92. The van der Waals surface area contributed by atoms with Crippen LogP contribution >= 0.6 is 11.3 Å². The minimum absolute atomic E-state index is 0.275. The summed E-state index contributed by atoms with van der Waals surface area (Å²) in [4.78, 5) is 25.3. The van der Waals surface area contributed by atoms with Gasteiger partial charge in [-0.25, -0.2) is 9.78 Å². The van der Waals surface area contributed by atoms with Gasteiger partial charge in [-0.05, 0) is 42.8 Å². The Kier molecular flexibility index (Phi) is 5.35. The molecular weight excluding hydrogens is 386 g/mol. The van der Waals surface area contributed by atoms with Crippen molar-refractivity contribution < 1.29 is 9.53 Å². The Hall–Kier alpha value is -3.52. The number of ether oxygens (including phenoxy) is 1. The Labute approximate surface area is 171 Å². The van der Waals surface area contributed by atoms with E-state index in [1.807, 2.05) is 37.3 Å². The number of nitrogens with one attached hydrogen (secondary N) is 2. The van der Waals surface area contributed by atoms with Gasteiger partial charge in [-0.2, -0.15) is 0 Å². The number of benzene rings is 1. The molecule has 29 heavy (non-hydrogen) atoms. The van der Waals surface area contributed by atoms with Crippen LogP contribution < -0.4 is 15.4 Å². The van der Waals surface area contributed by atoms with Crippen LogP contribution in [0.2, 0.25) is 0 Å². The van der Waals surface area contributed by atoms with Gasteiger partial charge in [0.05, 0.1) is 29.2 Å². The van der Waals surface area contributed by atoms with Gasteiger partial charge in [0.2, 0.25) is 0 Å². The van der Waals surface area contributed by atoms with Crippen molar-refractivity contribution in [1.82, 2.24) is 20.3 Å². The molecule has 0 saturated heterocycles. The number of carbonyl (C=O) groups is 1. The normalized spacial score (nSPS) is 10.7. The topological polar surface area (TPSA) is 89.0 Å². The molecule has 0 spiro atoms. The maximum absolute atomic E-state index is 11.9. The third kappa shape index (κ3) is 4.02. The molecule has 0 aliphatic heterocycles. The van der Waals surface area contributed by atoms with E-state index in [-0.39, 0.29) is 6.03 Å². The standard InChI is InChI=1S/C21H19N5O2S/c1-3-23-20(27)26-21-25-18-10-13(14-8-15(28-2)12-22-11-14)9-16(19(18)29-21)17-6-4-5-7-24-17/h4-12H,3H2,1-2H3,(H2,23,25,26,27). The molecule has 7 nitrogen and oxygen atoms in total. The summed E-state index contributed by atoms with van der Waals surface area (Å²) < 4.78 is 6.26. The highest BCUT2D eigenvalue weighted by Gasteiger charge is 2.15. The lowest BCUT2D eigenvalue weighted by Crippen LogP contribution is -2.28. The van der Waals surface area contributed by atoms with Crippen molar-refractivity contribution >= 4 is 32.7 Å². The lowest BCUT2D eigenvalue weighted by molar-refractivity contribution is 0.252. The molecule has 0 saturated carbocycles. The van der Waals surface area contributed by atoms with E-state index in [2.05, 4.69) is 31.7 Å². The third-order valence-electron chi connectivity index (χ3n) is 4.27. The molecule has 3 aromatic heterocycles. The Balaban J connectivity index is 1.86. The van der Waals surface area contributed by atoms with E-state index in [0.717, 1.165) is 32.6 Å². The molecule has 3 heterocycles. The van der Waals surface area contributed by atoms with Crippen molar-refractivity contribution in [2.75, 3.05) is 19.0 Å². The largest absolute Gasteiger partial charge is 0.495 e. The molecule has 0 aliphatic rings. The van der Waals surface area contributed by atoms with Gasteiger partial charge in [-0.15, -0.1) is 0 Å². The molecule has 4 aromatic rings. The summed E-state index contributed by atoms with van der Waals surface area (Å²) in [6.07, 6.45) is 5.21. The summed E-state index contributed by atoms with van der Waals surface area (Å²) in [6.45, 7) is 2.41. The number of rotatable bonds is 5. The SMILES string of the molecule is CCNC(=O)Nc1nc2cc(-c3cncc(OC)c3)cc(-c3ccccn3)c2s1. The van der Waals surface area contributed by atoms with Gasteiger partial charge in [0.15, 0.2) is 5.13 Å². The number of amides is 2. The van der Waals surface area contributed by atoms with E-state index < -0.39 is 0 Å².